The Labute approximate surface area is 122 Å². The molecule has 0 heterocycles. The van der Waals surface area contributed by atoms with Gasteiger partial charge in [-0.1, -0.05) is 32.0 Å². The van der Waals surface area contributed by atoms with Crippen LogP contribution in [0.25, 0.3) is 0 Å². The summed E-state index contributed by atoms with van der Waals surface area (Å²) in [4.78, 5) is 34.2. The van der Waals surface area contributed by atoms with Crippen LogP contribution >= 0.6 is 0 Å². The summed E-state index contributed by atoms with van der Waals surface area (Å²) in [6, 6.07) is 6.34. The molecule has 0 aromatic heterocycles. The molecule has 1 aromatic rings. The highest BCUT2D eigenvalue weighted by Gasteiger charge is 2.20. The highest BCUT2D eigenvalue weighted by atomic mass is 16.4. The fourth-order valence-corrected chi connectivity index (χ4v) is 1.83. The number of aliphatic carboxylic acids is 2. The number of hydrogen-bond donors (Lipinski definition) is 3. The standard InChI is InChI=1S/C14H18N2O5/c1-9(2)10-5-3-4-6-11(10)15-14(21)16(7-12(17)18)8-13(19)20/h3-6,9H,7-8H2,1-2H3,(H,15,21)(H,17,18)(H,19,20). The van der Waals surface area contributed by atoms with E-state index in [1.807, 2.05) is 26.0 Å². The third-order valence-corrected chi connectivity index (χ3v) is 2.76. The van der Waals surface area contributed by atoms with Gasteiger partial charge in [-0.05, 0) is 17.5 Å². The summed E-state index contributed by atoms with van der Waals surface area (Å²) >= 11 is 0. The van der Waals surface area contributed by atoms with Crippen LogP contribution in [0, 0.1) is 0 Å². The molecule has 7 heteroatoms. The minimum absolute atomic E-state index is 0.161. The van der Waals surface area contributed by atoms with Crippen LogP contribution in [-0.2, 0) is 9.59 Å². The Morgan fingerprint density at radius 3 is 2.10 bits per heavy atom. The number of carboxylic acid groups (broad SMARTS) is 2. The van der Waals surface area contributed by atoms with E-state index < -0.39 is 31.1 Å². The van der Waals surface area contributed by atoms with Gasteiger partial charge in [-0.25, -0.2) is 4.79 Å². The van der Waals surface area contributed by atoms with Gasteiger partial charge in [-0.15, -0.1) is 0 Å². The van der Waals surface area contributed by atoms with Crippen molar-refractivity contribution in [2.75, 3.05) is 18.4 Å². The highest BCUT2D eigenvalue weighted by Crippen LogP contribution is 2.23. The first-order valence-electron chi connectivity index (χ1n) is 6.39. The Hall–Kier alpha value is -2.57. The summed E-state index contributed by atoms with van der Waals surface area (Å²) in [5.74, 6) is -2.39. The fraction of sp³-hybridized carbons (Fsp3) is 0.357. The molecule has 0 spiro atoms. The van der Waals surface area contributed by atoms with Crippen molar-refractivity contribution in [1.82, 2.24) is 4.90 Å². The smallest absolute Gasteiger partial charge is 0.323 e. The molecule has 0 aliphatic rings. The predicted octanol–water partition coefficient (Wildman–Crippen LogP) is 1.81. The summed E-state index contributed by atoms with van der Waals surface area (Å²) < 4.78 is 0. The van der Waals surface area contributed by atoms with Crippen molar-refractivity contribution in [1.29, 1.82) is 0 Å². The van der Waals surface area contributed by atoms with Crippen LogP contribution < -0.4 is 5.32 Å². The number of hydrogen-bond acceptors (Lipinski definition) is 3. The fourth-order valence-electron chi connectivity index (χ4n) is 1.83. The van der Waals surface area contributed by atoms with Gasteiger partial charge in [0, 0.05) is 5.69 Å². The predicted molar refractivity (Wildman–Crippen MR) is 76.4 cm³/mol. The van der Waals surface area contributed by atoms with Crippen LogP contribution in [0.15, 0.2) is 24.3 Å². The number of rotatable bonds is 6. The van der Waals surface area contributed by atoms with E-state index in [-0.39, 0.29) is 5.92 Å². The molecule has 0 bridgehead atoms. The second-order valence-corrected chi connectivity index (χ2v) is 4.82. The number of para-hydroxylation sites is 1. The number of nitrogens with one attached hydrogen (secondary N) is 1. The minimum atomic E-state index is -1.27. The Balaban J connectivity index is 2.91. The van der Waals surface area contributed by atoms with Gasteiger partial charge in [0.1, 0.15) is 13.1 Å². The van der Waals surface area contributed by atoms with Crippen LogP contribution in [0.2, 0.25) is 0 Å². The molecule has 3 N–H and O–H groups in total. The first kappa shape index (κ1) is 16.5. The quantitative estimate of drug-likeness (QED) is 0.741. The molecule has 0 radical (unpaired) electrons. The maximum Gasteiger partial charge on any atom is 0.323 e. The molecule has 114 valence electrons. The van der Waals surface area contributed by atoms with Crippen molar-refractivity contribution < 1.29 is 24.6 Å². The van der Waals surface area contributed by atoms with Crippen LogP contribution in [0.1, 0.15) is 25.3 Å². The van der Waals surface area contributed by atoms with E-state index in [9.17, 15) is 14.4 Å². The molecule has 0 unspecified atom stereocenters. The number of amides is 2. The SMILES string of the molecule is CC(C)c1ccccc1NC(=O)N(CC(=O)O)CC(=O)O. The van der Waals surface area contributed by atoms with Gasteiger partial charge in [0.2, 0.25) is 0 Å². The molecule has 1 aromatic carbocycles. The van der Waals surface area contributed by atoms with Gasteiger partial charge in [-0.2, -0.15) is 0 Å². The van der Waals surface area contributed by atoms with E-state index in [0.717, 1.165) is 10.5 Å². The molecule has 0 saturated carbocycles. The topological polar surface area (TPSA) is 107 Å². The van der Waals surface area contributed by atoms with Crippen molar-refractivity contribution >= 4 is 23.7 Å². The number of carboxylic acids is 2. The summed E-state index contributed by atoms with van der Waals surface area (Å²) in [6.07, 6.45) is 0. The van der Waals surface area contributed by atoms with Crippen molar-refractivity contribution in [2.45, 2.75) is 19.8 Å². The van der Waals surface area contributed by atoms with Crippen LogP contribution in [0.5, 0.6) is 0 Å². The summed E-state index contributed by atoms with van der Waals surface area (Å²) in [5, 5.41) is 20.0. The lowest BCUT2D eigenvalue weighted by Gasteiger charge is -2.21. The van der Waals surface area contributed by atoms with E-state index in [1.165, 1.54) is 0 Å². The zero-order valence-corrected chi connectivity index (χ0v) is 11.9. The molecule has 0 atom stereocenters. The third kappa shape index (κ3) is 5.13. The van der Waals surface area contributed by atoms with Gasteiger partial charge in [0.15, 0.2) is 0 Å². The van der Waals surface area contributed by atoms with Gasteiger partial charge in [-0.3, -0.25) is 9.59 Å². The minimum Gasteiger partial charge on any atom is -0.480 e. The van der Waals surface area contributed by atoms with Crippen molar-refractivity contribution in [3.05, 3.63) is 29.8 Å². The lowest BCUT2D eigenvalue weighted by atomic mass is 10.0. The molecule has 21 heavy (non-hydrogen) atoms. The van der Waals surface area contributed by atoms with E-state index in [4.69, 9.17) is 10.2 Å². The molecule has 0 aliphatic carbocycles. The van der Waals surface area contributed by atoms with Gasteiger partial charge in [0.05, 0.1) is 0 Å². The Morgan fingerprint density at radius 1 is 1.10 bits per heavy atom. The maximum absolute atomic E-state index is 12.0. The number of nitrogens with zero attached hydrogens (tertiary/aromatic N) is 1. The molecule has 2 amide bonds. The summed E-state index contributed by atoms with van der Waals surface area (Å²) in [7, 11) is 0. The Kier molecular flexibility index (Phi) is 5.71. The van der Waals surface area contributed by atoms with Crippen molar-refractivity contribution in [3.8, 4) is 0 Å². The van der Waals surface area contributed by atoms with Crippen LogP contribution in [0.3, 0.4) is 0 Å². The number of carbonyl (C=O) groups is 3. The summed E-state index contributed by atoms with van der Waals surface area (Å²) in [5.41, 5.74) is 1.43. The van der Waals surface area contributed by atoms with E-state index >= 15 is 0 Å². The zero-order valence-electron chi connectivity index (χ0n) is 11.9. The lowest BCUT2D eigenvalue weighted by molar-refractivity contribution is -0.140. The largest absolute Gasteiger partial charge is 0.480 e. The second-order valence-electron chi connectivity index (χ2n) is 4.82. The zero-order chi connectivity index (χ0) is 16.0. The molecule has 1 rings (SSSR count). The maximum atomic E-state index is 12.0. The molecular formula is C14H18N2O5. The number of urea groups is 1. The van der Waals surface area contributed by atoms with Crippen molar-refractivity contribution in [2.24, 2.45) is 0 Å². The van der Waals surface area contributed by atoms with Gasteiger partial charge >= 0.3 is 18.0 Å². The normalized spacial score (nSPS) is 10.2. The lowest BCUT2D eigenvalue weighted by Crippen LogP contribution is -2.42. The number of benzene rings is 1. The van der Waals surface area contributed by atoms with E-state index in [2.05, 4.69) is 5.32 Å². The van der Waals surface area contributed by atoms with Crippen LogP contribution in [0.4, 0.5) is 10.5 Å². The molecule has 0 fully saturated rings. The van der Waals surface area contributed by atoms with Gasteiger partial charge < -0.3 is 20.4 Å². The first-order chi connectivity index (χ1) is 9.81. The molecule has 7 nitrogen and oxygen atoms in total. The van der Waals surface area contributed by atoms with E-state index in [1.54, 1.807) is 12.1 Å². The molecule has 0 saturated heterocycles. The highest BCUT2D eigenvalue weighted by molar-refractivity contribution is 5.94. The first-order valence-corrected chi connectivity index (χ1v) is 6.39. The monoisotopic (exact) mass is 294 g/mol. The second kappa shape index (κ2) is 7.28. The Bertz CT molecular complexity index is 526. The summed E-state index contributed by atoms with van der Waals surface area (Å²) in [6.45, 7) is 2.55. The number of carbonyl (C=O) groups excluding carboxylic acids is 1. The van der Waals surface area contributed by atoms with Crippen LogP contribution in [-0.4, -0.2) is 46.2 Å². The Morgan fingerprint density at radius 2 is 1.62 bits per heavy atom. The molecule has 0 aliphatic heterocycles. The average Bonchev–Trinajstić information content (AvgIpc) is 2.37. The number of anilines is 1. The van der Waals surface area contributed by atoms with Gasteiger partial charge in [0.25, 0.3) is 0 Å². The van der Waals surface area contributed by atoms with E-state index in [0.29, 0.717) is 5.69 Å². The van der Waals surface area contributed by atoms with Crippen molar-refractivity contribution in [3.63, 3.8) is 0 Å². The average molecular weight is 294 g/mol. The molecular weight excluding hydrogens is 276 g/mol. The third-order valence-electron chi connectivity index (χ3n) is 2.76.